The lowest BCUT2D eigenvalue weighted by atomic mass is 9.95. The van der Waals surface area contributed by atoms with E-state index < -0.39 is 29.5 Å². The number of nitrogens with two attached hydrogens (primary N) is 1. The van der Waals surface area contributed by atoms with Crippen LogP contribution in [0.2, 0.25) is 5.02 Å². The number of hydrogen-bond donors (Lipinski definition) is 2. The third-order valence-electron chi connectivity index (χ3n) is 5.04. The van der Waals surface area contributed by atoms with Crippen LogP contribution in [0.5, 0.6) is 0 Å². The van der Waals surface area contributed by atoms with Crippen LogP contribution >= 0.6 is 34.7 Å². The number of thiophene rings is 1. The molecule has 0 spiro atoms. The van der Waals surface area contributed by atoms with Gasteiger partial charge in [-0.2, -0.15) is 0 Å². The number of nitrogens with zero attached hydrogens (tertiary/aromatic N) is 1. The zero-order chi connectivity index (χ0) is 22.1. The molecule has 1 aromatic heterocycles. The lowest BCUT2D eigenvalue weighted by Gasteiger charge is -2.13. The molecule has 0 unspecified atom stereocenters. The molecule has 0 saturated carbocycles. The van der Waals surface area contributed by atoms with Crippen molar-refractivity contribution in [1.82, 2.24) is 4.90 Å². The zero-order valence-electron chi connectivity index (χ0n) is 16.3. The zero-order valence-corrected chi connectivity index (χ0v) is 18.7. The summed E-state index contributed by atoms with van der Waals surface area (Å²) in [5.41, 5.74) is 7.38. The van der Waals surface area contributed by atoms with Gasteiger partial charge in [0, 0.05) is 9.90 Å². The fraction of sp³-hybridized carbons (Fsp3) is 0.238. The van der Waals surface area contributed by atoms with Crippen molar-refractivity contribution in [3.05, 3.63) is 55.8 Å². The third-order valence-corrected chi connectivity index (χ3v) is 7.50. The van der Waals surface area contributed by atoms with E-state index in [0.29, 0.717) is 21.2 Å². The monoisotopic (exact) mass is 475 g/mol. The first kappa shape index (κ1) is 21.6. The summed E-state index contributed by atoms with van der Waals surface area (Å²) < 4.78 is 0. The van der Waals surface area contributed by atoms with E-state index in [2.05, 4.69) is 5.32 Å². The third kappa shape index (κ3) is 4.39. The number of thioether (sulfide) groups is 1. The molecular formula is C21H18ClN3O4S2. The fourth-order valence-electron chi connectivity index (χ4n) is 3.59. The average molecular weight is 476 g/mol. The smallest absolute Gasteiger partial charge is 0.294 e. The number of rotatable bonds is 5. The number of imide groups is 1. The molecule has 1 aliphatic heterocycles. The van der Waals surface area contributed by atoms with E-state index in [1.165, 1.54) is 17.4 Å². The molecule has 4 rings (SSSR count). The summed E-state index contributed by atoms with van der Waals surface area (Å²) >= 11 is 8.20. The standard InChI is InChI=1S/C21H18ClN3O4S2/c22-13-7-3-1-5-11(13)9-15-20(28)25(21(29)31-15)10-16(26)24-19-17(18(23)27)12-6-2-4-8-14(12)30-19/h1,3,5,7,9H,2,4,6,8,10H2,(H2,23,27)(H,24,26). The molecule has 0 atom stereocenters. The molecule has 4 amide bonds. The Kier molecular flexibility index (Phi) is 6.17. The summed E-state index contributed by atoms with van der Waals surface area (Å²) in [6.45, 7) is -0.453. The highest BCUT2D eigenvalue weighted by Gasteiger charge is 2.37. The van der Waals surface area contributed by atoms with Crippen LogP contribution in [0.3, 0.4) is 0 Å². The van der Waals surface area contributed by atoms with Gasteiger partial charge in [0.1, 0.15) is 11.5 Å². The first-order valence-corrected chi connectivity index (χ1v) is 11.6. The Morgan fingerprint density at radius 3 is 2.68 bits per heavy atom. The quantitative estimate of drug-likeness (QED) is 0.634. The number of carbonyl (C=O) groups is 4. The number of benzene rings is 1. The molecule has 1 aliphatic carbocycles. The number of anilines is 1. The van der Waals surface area contributed by atoms with Crippen LogP contribution < -0.4 is 11.1 Å². The van der Waals surface area contributed by atoms with Crippen molar-refractivity contribution in [2.75, 3.05) is 11.9 Å². The first-order valence-electron chi connectivity index (χ1n) is 9.59. The molecule has 2 heterocycles. The van der Waals surface area contributed by atoms with Gasteiger partial charge in [-0.1, -0.05) is 29.8 Å². The molecule has 160 valence electrons. The number of nitrogens with one attached hydrogen (secondary N) is 1. The molecule has 31 heavy (non-hydrogen) atoms. The second kappa shape index (κ2) is 8.86. The number of primary amides is 1. The van der Waals surface area contributed by atoms with Crippen molar-refractivity contribution in [3.63, 3.8) is 0 Å². The van der Waals surface area contributed by atoms with Gasteiger partial charge < -0.3 is 11.1 Å². The van der Waals surface area contributed by atoms with E-state index in [1.54, 1.807) is 24.3 Å². The minimum Gasteiger partial charge on any atom is -0.365 e. The summed E-state index contributed by atoms with van der Waals surface area (Å²) in [5.74, 6) is -1.73. The van der Waals surface area contributed by atoms with Crippen molar-refractivity contribution in [2.45, 2.75) is 25.7 Å². The lowest BCUT2D eigenvalue weighted by molar-refractivity contribution is -0.127. The number of hydrogen-bond acceptors (Lipinski definition) is 6. The van der Waals surface area contributed by atoms with Gasteiger partial charge in [0.05, 0.1) is 10.5 Å². The van der Waals surface area contributed by atoms with Gasteiger partial charge in [0.25, 0.3) is 17.1 Å². The summed E-state index contributed by atoms with van der Waals surface area (Å²) in [7, 11) is 0. The molecule has 1 saturated heterocycles. The van der Waals surface area contributed by atoms with Gasteiger partial charge in [0.15, 0.2) is 0 Å². The molecule has 2 aliphatic rings. The number of aryl methyl sites for hydroxylation is 1. The number of carbonyl (C=O) groups excluding carboxylic acids is 4. The van der Waals surface area contributed by atoms with Crippen molar-refractivity contribution >= 4 is 68.7 Å². The Bertz CT molecular complexity index is 1140. The Morgan fingerprint density at radius 1 is 1.19 bits per heavy atom. The predicted molar refractivity (Wildman–Crippen MR) is 122 cm³/mol. The minimum atomic E-state index is -0.594. The fourth-order valence-corrected chi connectivity index (χ4v) is 5.92. The number of fused-ring (bicyclic) bond motifs is 1. The van der Waals surface area contributed by atoms with Gasteiger partial charge in [-0.3, -0.25) is 24.1 Å². The molecule has 0 radical (unpaired) electrons. The van der Waals surface area contributed by atoms with E-state index >= 15 is 0 Å². The molecule has 10 heteroatoms. The highest BCUT2D eigenvalue weighted by molar-refractivity contribution is 8.18. The van der Waals surface area contributed by atoms with Crippen LogP contribution in [0.25, 0.3) is 6.08 Å². The van der Waals surface area contributed by atoms with Crippen molar-refractivity contribution in [3.8, 4) is 0 Å². The number of amides is 4. The maximum Gasteiger partial charge on any atom is 0.294 e. The van der Waals surface area contributed by atoms with E-state index in [-0.39, 0.29) is 4.91 Å². The van der Waals surface area contributed by atoms with Crippen molar-refractivity contribution in [1.29, 1.82) is 0 Å². The second-order valence-corrected chi connectivity index (χ2v) is 9.62. The Morgan fingerprint density at radius 2 is 1.94 bits per heavy atom. The van der Waals surface area contributed by atoms with E-state index in [9.17, 15) is 19.2 Å². The molecule has 1 fully saturated rings. The summed E-state index contributed by atoms with van der Waals surface area (Å²) in [6.07, 6.45) is 5.10. The topological polar surface area (TPSA) is 110 Å². The summed E-state index contributed by atoms with van der Waals surface area (Å²) in [4.78, 5) is 51.7. The summed E-state index contributed by atoms with van der Waals surface area (Å²) in [5, 5.41) is 2.96. The SMILES string of the molecule is NC(=O)c1c(NC(=O)CN2C(=O)SC(=Cc3ccccc3Cl)C2=O)sc2c1CCCC2. The lowest BCUT2D eigenvalue weighted by Crippen LogP contribution is -2.36. The van der Waals surface area contributed by atoms with Crippen LogP contribution in [0.1, 0.15) is 39.2 Å². The van der Waals surface area contributed by atoms with E-state index in [1.807, 2.05) is 0 Å². The molecular weight excluding hydrogens is 458 g/mol. The van der Waals surface area contributed by atoms with E-state index in [4.69, 9.17) is 17.3 Å². The molecule has 1 aromatic carbocycles. The van der Waals surface area contributed by atoms with Gasteiger partial charge >= 0.3 is 0 Å². The first-order chi connectivity index (χ1) is 14.8. The largest absolute Gasteiger partial charge is 0.365 e. The van der Waals surface area contributed by atoms with Crippen LogP contribution in [0, 0.1) is 0 Å². The van der Waals surface area contributed by atoms with Crippen LogP contribution in [-0.4, -0.2) is 34.4 Å². The van der Waals surface area contributed by atoms with Crippen molar-refractivity contribution in [2.24, 2.45) is 5.73 Å². The molecule has 0 bridgehead atoms. The number of halogens is 1. The predicted octanol–water partition coefficient (Wildman–Crippen LogP) is 4.05. The average Bonchev–Trinajstić information content (AvgIpc) is 3.21. The van der Waals surface area contributed by atoms with Crippen LogP contribution in [-0.2, 0) is 22.4 Å². The Balaban J connectivity index is 1.50. The normalized spacial score (nSPS) is 17.2. The second-order valence-electron chi connectivity index (χ2n) is 7.12. The highest BCUT2D eigenvalue weighted by Crippen LogP contribution is 2.38. The Labute approximate surface area is 191 Å². The molecule has 3 N–H and O–H groups in total. The van der Waals surface area contributed by atoms with Crippen LogP contribution in [0.4, 0.5) is 9.80 Å². The van der Waals surface area contributed by atoms with Gasteiger partial charge in [-0.15, -0.1) is 11.3 Å². The molecule has 2 aromatic rings. The van der Waals surface area contributed by atoms with Gasteiger partial charge in [0.2, 0.25) is 5.91 Å². The van der Waals surface area contributed by atoms with Crippen molar-refractivity contribution < 1.29 is 19.2 Å². The molecule has 7 nitrogen and oxygen atoms in total. The Hall–Kier alpha value is -2.62. The highest BCUT2D eigenvalue weighted by atomic mass is 35.5. The maximum absolute atomic E-state index is 12.7. The van der Waals surface area contributed by atoms with Crippen LogP contribution in [0.15, 0.2) is 29.2 Å². The van der Waals surface area contributed by atoms with Gasteiger partial charge in [-0.05, 0) is 60.7 Å². The van der Waals surface area contributed by atoms with E-state index in [0.717, 1.165) is 52.8 Å². The summed E-state index contributed by atoms with van der Waals surface area (Å²) in [6, 6.07) is 6.94. The minimum absolute atomic E-state index is 0.190. The maximum atomic E-state index is 12.7. The van der Waals surface area contributed by atoms with Gasteiger partial charge in [-0.25, -0.2) is 0 Å².